The third-order valence-corrected chi connectivity index (χ3v) is 7.99. The van der Waals surface area contributed by atoms with Crippen LogP contribution in [-0.2, 0) is 0 Å². The van der Waals surface area contributed by atoms with Crippen LogP contribution in [0.5, 0.6) is 0 Å². The third kappa shape index (κ3) is 5.52. The molecule has 0 unspecified atom stereocenters. The van der Waals surface area contributed by atoms with Crippen molar-refractivity contribution in [3.63, 3.8) is 0 Å². The van der Waals surface area contributed by atoms with E-state index in [1.807, 2.05) is 18.2 Å². The number of carbonyl (C=O) groups excluding carboxylic acids is 1. The van der Waals surface area contributed by atoms with Gasteiger partial charge in [-0.05, 0) is 94.1 Å². The molecule has 0 aromatic heterocycles. The fourth-order valence-corrected chi connectivity index (χ4v) is 5.50. The Morgan fingerprint density at radius 3 is 2.61 bits per heavy atom. The number of hydrogen-bond acceptors (Lipinski definition) is 2. The van der Waals surface area contributed by atoms with Gasteiger partial charge in [0.15, 0.2) is 0 Å². The number of allylic oxidation sites excluding steroid dienone is 1. The molecule has 4 rings (SSSR count). The van der Waals surface area contributed by atoms with Crippen LogP contribution in [0.1, 0.15) is 65.9 Å². The molecule has 3 aliphatic carbocycles. The fraction of sp³-hybridized carbons (Fsp3) is 0.667. The minimum absolute atomic E-state index is 0.0288. The van der Waals surface area contributed by atoms with E-state index in [2.05, 4.69) is 68.8 Å². The number of urea groups is 1. The van der Waals surface area contributed by atoms with Crippen LogP contribution in [0.2, 0.25) is 0 Å². The third-order valence-electron chi connectivity index (χ3n) is 7.99. The summed E-state index contributed by atoms with van der Waals surface area (Å²) in [6.45, 7) is 17.6. The van der Waals surface area contributed by atoms with Crippen LogP contribution >= 0.6 is 0 Å². The first-order chi connectivity index (χ1) is 14.8. The monoisotopic (exact) mass is 425 g/mol. The van der Waals surface area contributed by atoms with Gasteiger partial charge in [0.25, 0.3) is 0 Å². The SMILES string of the molecule is CCN(CC)CCC[C@H](C)N(CC1=CC[C@H]2C[C@@H]1C2(C)C)C(=O)Nc1cccc(C)c1. The molecule has 2 amide bonds. The van der Waals surface area contributed by atoms with Crippen LogP contribution in [-0.4, -0.2) is 48.1 Å². The largest absolute Gasteiger partial charge is 0.322 e. The number of benzene rings is 1. The number of nitrogens with zero attached hydrogens (tertiary/aromatic N) is 2. The summed E-state index contributed by atoms with van der Waals surface area (Å²) in [5.41, 5.74) is 3.90. The summed E-state index contributed by atoms with van der Waals surface area (Å²) in [4.78, 5) is 18.0. The first kappa shape index (κ1) is 23.8. The zero-order valence-electron chi connectivity index (χ0n) is 20.6. The van der Waals surface area contributed by atoms with E-state index in [4.69, 9.17) is 0 Å². The maximum atomic E-state index is 13.4. The smallest absolute Gasteiger partial charge is 0.318 e. The first-order valence-electron chi connectivity index (χ1n) is 12.3. The molecule has 172 valence electrons. The van der Waals surface area contributed by atoms with E-state index in [1.165, 1.54) is 18.4 Å². The number of amides is 2. The molecular weight excluding hydrogens is 382 g/mol. The number of carbonyl (C=O) groups is 1. The average molecular weight is 426 g/mol. The number of anilines is 1. The predicted molar refractivity (Wildman–Crippen MR) is 131 cm³/mol. The Balaban J connectivity index is 1.70. The van der Waals surface area contributed by atoms with Crippen LogP contribution in [0.15, 0.2) is 35.9 Å². The van der Waals surface area contributed by atoms with Gasteiger partial charge in [-0.25, -0.2) is 4.79 Å². The van der Waals surface area contributed by atoms with Gasteiger partial charge in [-0.2, -0.15) is 0 Å². The molecule has 31 heavy (non-hydrogen) atoms. The van der Waals surface area contributed by atoms with E-state index in [1.54, 1.807) is 0 Å². The number of nitrogens with one attached hydrogen (secondary N) is 1. The summed E-state index contributed by atoms with van der Waals surface area (Å²) in [6, 6.07) is 8.33. The summed E-state index contributed by atoms with van der Waals surface area (Å²) in [5, 5.41) is 3.17. The maximum absolute atomic E-state index is 13.4. The van der Waals surface area contributed by atoms with Crippen molar-refractivity contribution in [1.82, 2.24) is 9.80 Å². The fourth-order valence-electron chi connectivity index (χ4n) is 5.50. The summed E-state index contributed by atoms with van der Waals surface area (Å²) < 4.78 is 0. The van der Waals surface area contributed by atoms with Gasteiger partial charge >= 0.3 is 6.03 Å². The van der Waals surface area contributed by atoms with Crippen molar-refractivity contribution in [2.45, 2.75) is 73.3 Å². The number of fused-ring (bicyclic) bond motifs is 1. The van der Waals surface area contributed by atoms with Crippen LogP contribution < -0.4 is 5.32 Å². The van der Waals surface area contributed by atoms with E-state index in [9.17, 15) is 4.79 Å². The van der Waals surface area contributed by atoms with E-state index < -0.39 is 0 Å². The second kappa shape index (κ2) is 10.2. The van der Waals surface area contributed by atoms with E-state index >= 15 is 0 Å². The van der Waals surface area contributed by atoms with Gasteiger partial charge in [-0.1, -0.05) is 51.5 Å². The average Bonchev–Trinajstić information content (AvgIpc) is 2.74. The number of aryl methyl sites for hydroxylation is 1. The van der Waals surface area contributed by atoms with Crippen LogP contribution in [0.3, 0.4) is 0 Å². The molecule has 0 saturated heterocycles. The van der Waals surface area contributed by atoms with Crippen LogP contribution in [0.25, 0.3) is 0 Å². The van der Waals surface area contributed by atoms with Crippen molar-refractivity contribution in [2.75, 3.05) is 31.5 Å². The summed E-state index contributed by atoms with van der Waals surface area (Å²) in [6.07, 6.45) is 7.04. The first-order valence-corrected chi connectivity index (χ1v) is 12.3. The van der Waals surface area contributed by atoms with Crippen molar-refractivity contribution in [1.29, 1.82) is 0 Å². The Morgan fingerprint density at radius 2 is 2.00 bits per heavy atom. The molecule has 1 fully saturated rings. The molecule has 2 bridgehead atoms. The maximum Gasteiger partial charge on any atom is 0.322 e. The summed E-state index contributed by atoms with van der Waals surface area (Å²) in [7, 11) is 0. The molecule has 3 atom stereocenters. The lowest BCUT2D eigenvalue weighted by Crippen LogP contribution is -2.51. The molecule has 1 aromatic carbocycles. The van der Waals surface area contributed by atoms with Gasteiger partial charge in [0.05, 0.1) is 0 Å². The van der Waals surface area contributed by atoms with Gasteiger partial charge in [0.1, 0.15) is 0 Å². The number of rotatable bonds is 10. The molecule has 0 spiro atoms. The highest BCUT2D eigenvalue weighted by Gasteiger charge is 2.51. The Hall–Kier alpha value is -1.81. The lowest BCUT2D eigenvalue weighted by atomic mass is 9.49. The van der Waals surface area contributed by atoms with E-state index in [0.717, 1.165) is 56.2 Å². The quantitative estimate of drug-likeness (QED) is 0.444. The van der Waals surface area contributed by atoms with Crippen LogP contribution in [0.4, 0.5) is 10.5 Å². The van der Waals surface area contributed by atoms with Crippen molar-refractivity contribution < 1.29 is 4.79 Å². The zero-order chi connectivity index (χ0) is 22.6. The minimum Gasteiger partial charge on any atom is -0.318 e. The molecule has 0 radical (unpaired) electrons. The molecule has 1 saturated carbocycles. The van der Waals surface area contributed by atoms with Crippen LogP contribution in [0, 0.1) is 24.2 Å². The molecule has 0 aliphatic heterocycles. The molecular formula is C27H43N3O. The second-order valence-electron chi connectivity index (χ2n) is 10.3. The topological polar surface area (TPSA) is 35.6 Å². The number of hydrogen-bond donors (Lipinski definition) is 1. The highest BCUT2D eigenvalue weighted by atomic mass is 16.2. The van der Waals surface area contributed by atoms with E-state index in [-0.39, 0.29) is 12.1 Å². The van der Waals surface area contributed by atoms with Gasteiger partial charge < -0.3 is 15.1 Å². The van der Waals surface area contributed by atoms with Gasteiger partial charge in [0.2, 0.25) is 0 Å². The summed E-state index contributed by atoms with van der Waals surface area (Å²) >= 11 is 0. The van der Waals surface area contributed by atoms with E-state index in [0.29, 0.717) is 11.3 Å². The lowest BCUT2D eigenvalue weighted by molar-refractivity contribution is -0.0103. The van der Waals surface area contributed by atoms with Crippen molar-refractivity contribution in [3.8, 4) is 0 Å². The minimum atomic E-state index is 0.0288. The molecule has 0 heterocycles. The predicted octanol–water partition coefficient (Wildman–Crippen LogP) is 6.33. The normalized spacial score (nSPS) is 22.5. The van der Waals surface area contributed by atoms with Gasteiger partial charge in [-0.3, -0.25) is 0 Å². The van der Waals surface area contributed by atoms with Gasteiger partial charge in [-0.15, -0.1) is 0 Å². The molecule has 3 aliphatic rings. The van der Waals surface area contributed by atoms with Crippen molar-refractivity contribution in [2.24, 2.45) is 17.3 Å². The van der Waals surface area contributed by atoms with Gasteiger partial charge in [0, 0.05) is 18.3 Å². The Bertz CT molecular complexity index is 780. The Kier molecular flexibility index (Phi) is 7.85. The zero-order valence-corrected chi connectivity index (χ0v) is 20.6. The molecule has 1 aromatic rings. The molecule has 1 N–H and O–H groups in total. The van der Waals surface area contributed by atoms with Crippen molar-refractivity contribution in [3.05, 3.63) is 41.5 Å². The summed E-state index contributed by atoms with van der Waals surface area (Å²) in [5.74, 6) is 1.45. The highest BCUT2D eigenvalue weighted by Crippen LogP contribution is 2.59. The molecule has 4 heteroatoms. The Labute approximate surface area is 190 Å². The highest BCUT2D eigenvalue weighted by molar-refractivity contribution is 5.89. The molecule has 4 nitrogen and oxygen atoms in total. The lowest BCUT2D eigenvalue weighted by Gasteiger charge is -2.57. The second-order valence-corrected chi connectivity index (χ2v) is 10.3. The Morgan fingerprint density at radius 1 is 1.26 bits per heavy atom. The standard InChI is InChI=1S/C27H43N3O/c1-7-29(8-2)16-10-12-21(4)30(26(31)28-24-13-9-11-20(3)17-24)19-22-14-15-23-18-25(22)27(23,5)6/h9,11,13-14,17,21,23,25H,7-8,10,12,15-16,18-19H2,1-6H3,(H,28,31)/t21-,23-,25-/m0/s1. The van der Waals surface area contributed by atoms with Crippen molar-refractivity contribution >= 4 is 11.7 Å².